The third-order valence-corrected chi connectivity index (χ3v) is 3.61. The molecule has 0 fully saturated rings. The predicted molar refractivity (Wildman–Crippen MR) is 75.0 cm³/mol. The van der Waals surface area contributed by atoms with Crippen molar-refractivity contribution < 1.29 is 9.15 Å². The maximum absolute atomic E-state index is 6.16. The van der Waals surface area contributed by atoms with Gasteiger partial charge in [-0.15, -0.1) is 0 Å². The van der Waals surface area contributed by atoms with E-state index in [-0.39, 0.29) is 6.04 Å². The number of hydrogen-bond donors (Lipinski definition) is 1. The Kier molecular flexibility index (Phi) is 4.32. The van der Waals surface area contributed by atoms with E-state index in [1.807, 2.05) is 18.2 Å². The molecule has 1 aromatic carbocycles. The van der Waals surface area contributed by atoms with Crippen LogP contribution in [0.4, 0.5) is 0 Å². The second kappa shape index (κ2) is 5.78. The van der Waals surface area contributed by atoms with E-state index in [2.05, 4.69) is 15.9 Å². The highest BCUT2D eigenvalue weighted by Gasteiger charge is 2.15. The summed E-state index contributed by atoms with van der Waals surface area (Å²) in [5, 5.41) is 0.671. The molecule has 2 N–H and O–H groups in total. The van der Waals surface area contributed by atoms with E-state index in [1.165, 1.54) is 0 Å². The molecule has 0 bridgehead atoms. The Morgan fingerprint density at radius 2 is 2.22 bits per heavy atom. The molecular formula is C13H13BrClNO2. The molecule has 1 unspecified atom stereocenters. The minimum Gasteiger partial charge on any atom is -0.496 e. The lowest BCUT2D eigenvalue weighted by Crippen LogP contribution is -2.13. The Morgan fingerprint density at radius 3 is 2.83 bits per heavy atom. The minimum absolute atomic E-state index is 0.175. The number of halogens is 2. The quantitative estimate of drug-likeness (QED) is 0.923. The lowest BCUT2D eigenvalue weighted by molar-refractivity contribution is 0.408. The van der Waals surface area contributed by atoms with Gasteiger partial charge in [0.05, 0.1) is 13.4 Å². The summed E-state index contributed by atoms with van der Waals surface area (Å²) >= 11 is 9.32. The topological polar surface area (TPSA) is 48.4 Å². The van der Waals surface area contributed by atoms with Crippen LogP contribution in [-0.2, 0) is 6.42 Å². The van der Waals surface area contributed by atoms with Crippen molar-refractivity contribution in [2.45, 2.75) is 12.5 Å². The second-order valence-electron chi connectivity index (χ2n) is 3.92. The molecule has 0 saturated heterocycles. The largest absolute Gasteiger partial charge is 0.496 e. The molecule has 2 aromatic rings. The molecule has 5 heteroatoms. The number of rotatable bonds is 4. The summed E-state index contributed by atoms with van der Waals surface area (Å²) in [5.41, 5.74) is 8.06. The number of furan rings is 1. The monoisotopic (exact) mass is 329 g/mol. The van der Waals surface area contributed by atoms with Crippen LogP contribution in [0.1, 0.15) is 17.2 Å². The number of methoxy groups -OCH3 is 1. The maximum atomic E-state index is 6.16. The summed E-state index contributed by atoms with van der Waals surface area (Å²) in [6.45, 7) is 0. The Labute approximate surface area is 119 Å². The van der Waals surface area contributed by atoms with Crippen LogP contribution in [0.5, 0.6) is 5.75 Å². The Hall–Kier alpha value is -0.970. The van der Waals surface area contributed by atoms with E-state index in [0.717, 1.165) is 16.9 Å². The van der Waals surface area contributed by atoms with Gasteiger partial charge in [-0.1, -0.05) is 11.6 Å². The summed E-state index contributed by atoms with van der Waals surface area (Å²) in [6, 6.07) is 7.18. The van der Waals surface area contributed by atoms with E-state index in [4.69, 9.17) is 26.5 Å². The molecule has 1 heterocycles. The molecule has 3 nitrogen and oxygen atoms in total. The van der Waals surface area contributed by atoms with Gasteiger partial charge in [0.2, 0.25) is 0 Å². The van der Waals surface area contributed by atoms with Crippen LogP contribution in [0, 0.1) is 0 Å². The maximum Gasteiger partial charge on any atom is 0.173 e. The predicted octanol–water partition coefficient (Wildman–Crippen LogP) is 3.95. The first-order valence-electron chi connectivity index (χ1n) is 5.42. The number of nitrogens with two attached hydrogens (primary N) is 1. The Bertz CT molecular complexity index is 542. The van der Waals surface area contributed by atoms with Crippen molar-refractivity contribution in [2.75, 3.05) is 7.11 Å². The number of hydrogen-bond acceptors (Lipinski definition) is 3. The standard InChI is InChI=1S/C13H13BrClNO2/c1-17-12-3-2-9(15)6-8(12)7-11(16)10-4-5-18-13(10)14/h2-6,11H,7,16H2,1H3. The molecule has 18 heavy (non-hydrogen) atoms. The smallest absolute Gasteiger partial charge is 0.173 e. The third kappa shape index (κ3) is 2.88. The number of ether oxygens (including phenoxy) is 1. The first-order valence-corrected chi connectivity index (χ1v) is 6.59. The molecule has 0 aliphatic heterocycles. The second-order valence-corrected chi connectivity index (χ2v) is 5.07. The molecule has 0 amide bonds. The summed E-state index contributed by atoms with van der Waals surface area (Å²) in [4.78, 5) is 0. The fraction of sp³-hybridized carbons (Fsp3) is 0.231. The van der Waals surface area contributed by atoms with Crippen molar-refractivity contribution in [1.82, 2.24) is 0 Å². The summed E-state index contributed by atoms with van der Waals surface area (Å²) in [5.74, 6) is 0.787. The lowest BCUT2D eigenvalue weighted by Gasteiger charge is -2.13. The fourth-order valence-electron chi connectivity index (χ4n) is 1.82. The lowest BCUT2D eigenvalue weighted by atomic mass is 10.0. The molecule has 2 rings (SSSR count). The van der Waals surface area contributed by atoms with E-state index in [9.17, 15) is 0 Å². The molecule has 96 valence electrons. The van der Waals surface area contributed by atoms with Crippen LogP contribution in [0.2, 0.25) is 5.02 Å². The average Bonchev–Trinajstić information content (AvgIpc) is 2.76. The molecule has 1 atom stereocenters. The van der Waals surface area contributed by atoms with E-state index in [0.29, 0.717) is 16.1 Å². The average molecular weight is 331 g/mol. The molecule has 1 aromatic heterocycles. The van der Waals surface area contributed by atoms with Gasteiger partial charge >= 0.3 is 0 Å². The first-order chi connectivity index (χ1) is 8.61. The van der Waals surface area contributed by atoms with Gasteiger partial charge < -0.3 is 14.9 Å². The van der Waals surface area contributed by atoms with Gasteiger partial charge in [0.25, 0.3) is 0 Å². The molecular weight excluding hydrogens is 318 g/mol. The summed E-state index contributed by atoms with van der Waals surface area (Å²) in [7, 11) is 1.63. The zero-order chi connectivity index (χ0) is 13.1. The van der Waals surface area contributed by atoms with Crippen molar-refractivity contribution >= 4 is 27.5 Å². The summed E-state index contributed by atoms with van der Waals surface area (Å²) < 4.78 is 11.1. The van der Waals surface area contributed by atoms with Gasteiger partial charge in [-0.3, -0.25) is 0 Å². The zero-order valence-electron chi connectivity index (χ0n) is 9.82. The first kappa shape index (κ1) is 13.5. The molecule has 0 aliphatic carbocycles. The van der Waals surface area contributed by atoms with Crippen molar-refractivity contribution in [3.05, 3.63) is 51.3 Å². The SMILES string of the molecule is COc1ccc(Cl)cc1CC(N)c1ccoc1Br. The third-order valence-electron chi connectivity index (χ3n) is 2.73. The zero-order valence-corrected chi connectivity index (χ0v) is 12.2. The van der Waals surface area contributed by atoms with E-state index in [1.54, 1.807) is 19.4 Å². The Morgan fingerprint density at radius 1 is 1.44 bits per heavy atom. The highest BCUT2D eigenvalue weighted by atomic mass is 79.9. The molecule has 0 radical (unpaired) electrons. The van der Waals surface area contributed by atoms with Crippen molar-refractivity contribution in [3.63, 3.8) is 0 Å². The normalized spacial score (nSPS) is 12.4. The van der Waals surface area contributed by atoms with Gasteiger partial charge in [-0.2, -0.15) is 0 Å². The fourth-order valence-corrected chi connectivity index (χ4v) is 2.55. The van der Waals surface area contributed by atoms with Crippen molar-refractivity contribution in [1.29, 1.82) is 0 Å². The van der Waals surface area contributed by atoms with E-state index < -0.39 is 0 Å². The molecule has 0 saturated carbocycles. The van der Waals surface area contributed by atoms with Crippen LogP contribution < -0.4 is 10.5 Å². The van der Waals surface area contributed by atoms with Crippen LogP contribution in [0.25, 0.3) is 0 Å². The highest BCUT2D eigenvalue weighted by molar-refractivity contribution is 9.10. The van der Waals surface area contributed by atoms with Gasteiger partial charge in [0, 0.05) is 16.6 Å². The van der Waals surface area contributed by atoms with Crippen molar-refractivity contribution in [2.24, 2.45) is 5.73 Å². The van der Waals surface area contributed by atoms with Crippen LogP contribution in [0.15, 0.2) is 39.6 Å². The Balaban J connectivity index is 2.23. The summed E-state index contributed by atoms with van der Waals surface area (Å²) in [6.07, 6.45) is 2.23. The van der Waals surface area contributed by atoms with Crippen LogP contribution >= 0.6 is 27.5 Å². The van der Waals surface area contributed by atoms with E-state index >= 15 is 0 Å². The van der Waals surface area contributed by atoms with Crippen LogP contribution in [0.3, 0.4) is 0 Å². The van der Waals surface area contributed by atoms with Gasteiger partial charge in [-0.25, -0.2) is 0 Å². The van der Waals surface area contributed by atoms with Gasteiger partial charge in [-0.05, 0) is 52.2 Å². The molecule has 0 aliphatic rings. The van der Waals surface area contributed by atoms with Gasteiger partial charge in [0.15, 0.2) is 4.67 Å². The highest BCUT2D eigenvalue weighted by Crippen LogP contribution is 2.30. The van der Waals surface area contributed by atoms with Crippen LogP contribution in [-0.4, -0.2) is 7.11 Å². The number of benzene rings is 1. The minimum atomic E-state index is -0.175. The van der Waals surface area contributed by atoms with Gasteiger partial charge in [0.1, 0.15) is 5.75 Å². The molecule has 0 spiro atoms. The van der Waals surface area contributed by atoms with Crippen molar-refractivity contribution in [3.8, 4) is 5.75 Å².